The second kappa shape index (κ2) is 3.13. The molecule has 0 unspecified atom stereocenters. The van der Waals surface area contributed by atoms with E-state index in [1.165, 1.54) is 0 Å². The third-order valence-electron chi connectivity index (χ3n) is 2.09. The van der Waals surface area contributed by atoms with Crippen LogP contribution in [0.5, 0.6) is 0 Å². The van der Waals surface area contributed by atoms with Crippen molar-refractivity contribution in [2.75, 3.05) is 5.33 Å². The van der Waals surface area contributed by atoms with Crippen molar-refractivity contribution in [3.8, 4) is 0 Å². The molecule has 64 valence electrons. The molecule has 1 aliphatic heterocycles. The second-order valence-electron chi connectivity index (χ2n) is 3.60. The second-order valence-corrected chi connectivity index (χ2v) is 4.25. The average molecular weight is 221 g/mol. The molecule has 1 saturated heterocycles. The number of carbonyl (C=O) groups excluding carboxylic acids is 1. The quantitative estimate of drug-likeness (QED) is 0.500. The van der Waals surface area contributed by atoms with Crippen LogP contribution in [0, 0.1) is 5.41 Å². The van der Waals surface area contributed by atoms with Gasteiger partial charge in [0.2, 0.25) is 0 Å². The van der Waals surface area contributed by atoms with E-state index >= 15 is 0 Å². The maximum Gasteiger partial charge on any atom is 0.311 e. The van der Waals surface area contributed by atoms with Crippen molar-refractivity contribution in [3.05, 3.63) is 0 Å². The van der Waals surface area contributed by atoms with Crippen molar-refractivity contribution in [2.24, 2.45) is 5.41 Å². The Bertz CT molecular complexity index is 165. The summed E-state index contributed by atoms with van der Waals surface area (Å²) in [5, 5.41) is 0.759. The van der Waals surface area contributed by atoms with Gasteiger partial charge in [0.25, 0.3) is 0 Å². The number of cyclic esters (lactones) is 1. The third kappa shape index (κ3) is 1.95. The lowest BCUT2D eigenvalue weighted by Crippen LogP contribution is -2.37. The van der Waals surface area contributed by atoms with Crippen molar-refractivity contribution in [2.45, 2.75) is 32.8 Å². The fourth-order valence-electron chi connectivity index (χ4n) is 1.10. The number of ether oxygens (including phenoxy) is 1. The summed E-state index contributed by atoms with van der Waals surface area (Å²) in [5.41, 5.74) is -0.265. The Balaban J connectivity index is 2.55. The Morgan fingerprint density at radius 1 is 1.73 bits per heavy atom. The van der Waals surface area contributed by atoms with Crippen LogP contribution in [0.4, 0.5) is 0 Å². The maximum absolute atomic E-state index is 11.2. The van der Waals surface area contributed by atoms with Crippen LogP contribution in [-0.2, 0) is 9.53 Å². The summed E-state index contributed by atoms with van der Waals surface area (Å²) in [6, 6.07) is 0. The predicted molar refractivity (Wildman–Crippen MR) is 46.7 cm³/mol. The van der Waals surface area contributed by atoms with E-state index < -0.39 is 0 Å². The van der Waals surface area contributed by atoms with Gasteiger partial charge in [-0.25, -0.2) is 0 Å². The van der Waals surface area contributed by atoms with Crippen molar-refractivity contribution in [1.29, 1.82) is 0 Å². The van der Waals surface area contributed by atoms with Gasteiger partial charge in [0.15, 0.2) is 0 Å². The molecule has 0 aliphatic carbocycles. The molecular formula is C8H13BrO2. The van der Waals surface area contributed by atoms with Crippen molar-refractivity contribution in [1.82, 2.24) is 0 Å². The monoisotopic (exact) mass is 220 g/mol. The molecule has 0 bridgehead atoms. The van der Waals surface area contributed by atoms with Gasteiger partial charge in [-0.05, 0) is 26.7 Å². The van der Waals surface area contributed by atoms with Crippen LogP contribution in [-0.4, -0.2) is 17.4 Å². The Morgan fingerprint density at radius 2 is 2.36 bits per heavy atom. The summed E-state index contributed by atoms with van der Waals surface area (Å²) in [4.78, 5) is 11.2. The first kappa shape index (κ1) is 9.04. The summed E-state index contributed by atoms with van der Waals surface area (Å²) in [5.74, 6) is -0.0619. The third-order valence-corrected chi connectivity index (χ3v) is 2.81. The van der Waals surface area contributed by atoms with Crippen LogP contribution in [0.2, 0.25) is 0 Å². The van der Waals surface area contributed by atoms with E-state index in [1.54, 1.807) is 0 Å². The Kier molecular flexibility index (Phi) is 2.58. The van der Waals surface area contributed by atoms with E-state index in [-0.39, 0.29) is 17.5 Å². The van der Waals surface area contributed by atoms with Crippen molar-refractivity contribution >= 4 is 21.9 Å². The van der Waals surface area contributed by atoms with E-state index in [0.717, 1.165) is 18.2 Å². The zero-order valence-electron chi connectivity index (χ0n) is 6.89. The van der Waals surface area contributed by atoms with Crippen LogP contribution in [0.25, 0.3) is 0 Å². The zero-order valence-corrected chi connectivity index (χ0v) is 8.48. The Morgan fingerprint density at radius 3 is 2.82 bits per heavy atom. The van der Waals surface area contributed by atoms with Gasteiger partial charge >= 0.3 is 5.97 Å². The van der Waals surface area contributed by atoms with Gasteiger partial charge < -0.3 is 4.74 Å². The fourth-order valence-corrected chi connectivity index (χ4v) is 1.56. The highest BCUT2D eigenvalue weighted by Crippen LogP contribution is 2.31. The van der Waals surface area contributed by atoms with Gasteiger partial charge in [0.1, 0.15) is 6.10 Å². The summed E-state index contributed by atoms with van der Waals surface area (Å²) in [7, 11) is 0. The highest BCUT2D eigenvalue weighted by atomic mass is 79.9. The van der Waals surface area contributed by atoms with Gasteiger partial charge in [0.05, 0.1) is 5.41 Å². The van der Waals surface area contributed by atoms with Crippen LogP contribution in [0.15, 0.2) is 0 Å². The summed E-state index contributed by atoms with van der Waals surface area (Å²) < 4.78 is 5.16. The maximum atomic E-state index is 11.2. The lowest BCUT2D eigenvalue weighted by molar-refractivity contribution is -0.165. The number of hydrogen-bond acceptors (Lipinski definition) is 2. The molecule has 0 N–H and O–H groups in total. The minimum absolute atomic E-state index is 0.0619. The number of carbonyl (C=O) groups is 1. The summed E-state index contributed by atoms with van der Waals surface area (Å²) in [6.07, 6.45) is 2.00. The highest BCUT2D eigenvalue weighted by Gasteiger charge is 2.36. The van der Waals surface area contributed by atoms with E-state index in [0.29, 0.717) is 0 Å². The number of esters is 1. The molecule has 1 aliphatic rings. The van der Waals surface area contributed by atoms with E-state index in [1.807, 2.05) is 13.8 Å². The molecule has 0 saturated carbocycles. The van der Waals surface area contributed by atoms with Crippen molar-refractivity contribution in [3.63, 3.8) is 0 Å². The van der Waals surface area contributed by atoms with Gasteiger partial charge in [-0.1, -0.05) is 15.9 Å². The SMILES string of the molecule is CC1(C)CC[C@H](CBr)OC1=O. The van der Waals surface area contributed by atoms with Crippen LogP contribution in [0.3, 0.4) is 0 Å². The smallest absolute Gasteiger partial charge is 0.311 e. The molecule has 0 aromatic carbocycles. The zero-order chi connectivity index (χ0) is 8.48. The largest absolute Gasteiger partial charge is 0.461 e. The first-order valence-electron chi connectivity index (χ1n) is 3.83. The van der Waals surface area contributed by atoms with Crippen LogP contribution >= 0.6 is 15.9 Å². The van der Waals surface area contributed by atoms with Crippen molar-refractivity contribution < 1.29 is 9.53 Å². The average Bonchev–Trinajstić information content (AvgIpc) is 1.95. The topological polar surface area (TPSA) is 26.3 Å². The van der Waals surface area contributed by atoms with Crippen LogP contribution < -0.4 is 0 Å². The molecule has 0 amide bonds. The lowest BCUT2D eigenvalue weighted by Gasteiger charge is -2.31. The molecule has 2 nitrogen and oxygen atoms in total. The van der Waals surface area contributed by atoms with E-state index in [2.05, 4.69) is 15.9 Å². The summed E-state index contributed by atoms with van der Waals surface area (Å²) >= 11 is 3.30. The first-order valence-corrected chi connectivity index (χ1v) is 4.95. The molecule has 11 heavy (non-hydrogen) atoms. The number of rotatable bonds is 1. The molecule has 0 aromatic heterocycles. The number of alkyl halides is 1. The lowest BCUT2D eigenvalue weighted by atomic mass is 9.85. The number of hydrogen-bond donors (Lipinski definition) is 0. The molecule has 1 rings (SSSR count). The standard InChI is InChI=1S/C8H13BrO2/c1-8(2)4-3-6(5-9)11-7(8)10/h6H,3-5H2,1-2H3/t6-/m1/s1. The normalized spacial score (nSPS) is 29.7. The van der Waals surface area contributed by atoms with Gasteiger partial charge in [-0.3, -0.25) is 4.79 Å². The molecular weight excluding hydrogens is 208 g/mol. The van der Waals surface area contributed by atoms with E-state index in [9.17, 15) is 4.79 Å². The molecule has 1 atom stereocenters. The van der Waals surface area contributed by atoms with Gasteiger partial charge in [-0.2, -0.15) is 0 Å². The van der Waals surface area contributed by atoms with Gasteiger partial charge in [0, 0.05) is 5.33 Å². The number of halogens is 1. The minimum Gasteiger partial charge on any atom is -0.461 e. The molecule has 1 fully saturated rings. The molecule has 3 heteroatoms. The molecule has 1 heterocycles. The van der Waals surface area contributed by atoms with Crippen LogP contribution in [0.1, 0.15) is 26.7 Å². The molecule has 0 spiro atoms. The Hall–Kier alpha value is -0.0500. The highest BCUT2D eigenvalue weighted by molar-refractivity contribution is 9.09. The fraction of sp³-hybridized carbons (Fsp3) is 0.875. The molecule has 0 radical (unpaired) electrons. The van der Waals surface area contributed by atoms with E-state index in [4.69, 9.17) is 4.74 Å². The predicted octanol–water partition coefficient (Wildman–Crippen LogP) is 2.11. The summed E-state index contributed by atoms with van der Waals surface area (Å²) in [6.45, 7) is 3.86. The van der Waals surface area contributed by atoms with Gasteiger partial charge in [-0.15, -0.1) is 0 Å². The molecule has 0 aromatic rings. The minimum atomic E-state index is -0.265. The Labute approximate surface area is 75.4 Å². The first-order chi connectivity index (χ1) is 5.06.